The van der Waals surface area contributed by atoms with Crippen LogP contribution in [0.1, 0.15) is 5.56 Å². The summed E-state index contributed by atoms with van der Waals surface area (Å²) in [6, 6.07) is 12.9. The van der Waals surface area contributed by atoms with Gasteiger partial charge in [0.15, 0.2) is 0 Å². The average molecular weight is 245 g/mol. The van der Waals surface area contributed by atoms with E-state index in [1.54, 1.807) is 0 Å². The zero-order valence-electron chi connectivity index (χ0n) is 9.79. The van der Waals surface area contributed by atoms with E-state index < -0.39 is 11.6 Å². The lowest BCUT2D eigenvalue weighted by atomic mass is 10.1. The van der Waals surface area contributed by atoms with Crippen LogP contribution < -0.4 is 5.32 Å². The summed E-state index contributed by atoms with van der Waals surface area (Å²) in [5.74, 6) is -0.943. The van der Waals surface area contributed by atoms with Crippen LogP contribution in [0.25, 0.3) is 5.57 Å². The number of hydrogen-bond acceptors (Lipinski definition) is 1. The maximum absolute atomic E-state index is 13.4. The molecule has 2 rings (SSSR count). The number of rotatable bonds is 4. The summed E-state index contributed by atoms with van der Waals surface area (Å²) in [6.45, 7) is 4.28. The molecule has 2 aromatic carbocycles. The first-order chi connectivity index (χ1) is 8.66. The van der Waals surface area contributed by atoms with Crippen LogP contribution in [-0.2, 0) is 0 Å². The topological polar surface area (TPSA) is 12.0 Å². The van der Waals surface area contributed by atoms with Gasteiger partial charge in [0, 0.05) is 6.54 Å². The molecule has 1 N–H and O–H groups in total. The van der Waals surface area contributed by atoms with Crippen molar-refractivity contribution in [2.45, 2.75) is 0 Å². The minimum absolute atomic E-state index is 0.145. The van der Waals surface area contributed by atoms with Gasteiger partial charge in [-0.25, -0.2) is 8.78 Å². The van der Waals surface area contributed by atoms with Crippen molar-refractivity contribution in [2.24, 2.45) is 0 Å². The minimum Gasteiger partial charge on any atom is -0.379 e. The van der Waals surface area contributed by atoms with E-state index in [1.807, 2.05) is 30.3 Å². The summed E-state index contributed by atoms with van der Waals surface area (Å²) in [5.41, 5.74) is 1.94. The van der Waals surface area contributed by atoms with Crippen molar-refractivity contribution in [1.82, 2.24) is 0 Å². The largest absolute Gasteiger partial charge is 0.379 e. The Morgan fingerprint density at radius 2 is 1.78 bits per heavy atom. The smallest absolute Gasteiger partial charge is 0.146 e. The highest BCUT2D eigenvalue weighted by atomic mass is 19.1. The fourth-order valence-electron chi connectivity index (χ4n) is 1.61. The first kappa shape index (κ1) is 12.3. The van der Waals surface area contributed by atoms with Gasteiger partial charge in [-0.3, -0.25) is 0 Å². The van der Waals surface area contributed by atoms with Crippen LogP contribution in [0.15, 0.2) is 55.1 Å². The fraction of sp³-hybridized carbons (Fsp3) is 0.0667. The van der Waals surface area contributed by atoms with E-state index in [-0.39, 0.29) is 5.69 Å². The summed E-state index contributed by atoms with van der Waals surface area (Å²) < 4.78 is 26.3. The normalized spacial score (nSPS) is 10.1. The van der Waals surface area contributed by atoms with Crippen molar-refractivity contribution in [3.05, 3.63) is 72.3 Å². The molecule has 0 spiro atoms. The van der Waals surface area contributed by atoms with Crippen molar-refractivity contribution in [2.75, 3.05) is 11.9 Å². The molecule has 0 radical (unpaired) electrons. The Morgan fingerprint density at radius 1 is 1.06 bits per heavy atom. The molecule has 0 fully saturated rings. The fourth-order valence-corrected chi connectivity index (χ4v) is 1.61. The summed E-state index contributed by atoms with van der Waals surface area (Å²) in [7, 11) is 0. The van der Waals surface area contributed by atoms with Crippen LogP contribution in [0.2, 0.25) is 0 Å². The van der Waals surface area contributed by atoms with Crippen molar-refractivity contribution in [1.29, 1.82) is 0 Å². The van der Waals surface area contributed by atoms with E-state index >= 15 is 0 Å². The molecule has 0 aromatic heterocycles. The molecule has 0 atom stereocenters. The van der Waals surface area contributed by atoms with Crippen LogP contribution in [-0.4, -0.2) is 6.54 Å². The Hall–Kier alpha value is -2.16. The third-order valence-electron chi connectivity index (χ3n) is 2.60. The summed E-state index contributed by atoms with van der Waals surface area (Å²) in [5, 5.41) is 2.84. The number of nitrogens with one attached hydrogen (secondary N) is 1. The first-order valence-corrected chi connectivity index (χ1v) is 5.59. The summed E-state index contributed by atoms with van der Waals surface area (Å²) in [4.78, 5) is 0. The van der Waals surface area contributed by atoms with E-state index in [2.05, 4.69) is 11.9 Å². The van der Waals surface area contributed by atoms with E-state index in [0.29, 0.717) is 6.54 Å². The lowest BCUT2D eigenvalue weighted by Gasteiger charge is -2.10. The van der Waals surface area contributed by atoms with Crippen LogP contribution in [0, 0.1) is 11.6 Å². The Balaban J connectivity index is 2.04. The van der Waals surface area contributed by atoms with E-state index in [0.717, 1.165) is 29.3 Å². The second kappa shape index (κ2) is 5.45. The van der Waals surface area contributed by atoms with Gasteiger partial charge in [-0.15, -0.1) is 0 Å². The van der Waals surface area contributed by atoms with Gasteiger partial charge in [0.25, 0.3) is 0 Å². The molecule has 2 aromatic rings. The molecule has 18 heavy (non-hydrogen) atoms. The number of halogens is 2. The molecule has 0 unspecified atom stereocenters. The first-order valence-electron chi connectivity index (χ1n) is 5.59. The highest BCUT2D eigenvalue weighted by Crippen LogP contribution is 2.17. The molecule has 0 aliphatic rings. The van der Waals surface area contributed by atoms with Gasteiger partial charge in [-0.1, -0.05) is 36.9 Å². The summed E-state index contributed by atoms with van der Waals surface area (Å²) in [6.07, 6.45) is 0. The highest BCUT2D eigenvalue weighted by Gasteiger charge is 2.04. The Morgan fingerprint density at radius 3 is 2.50 bits per heavy atom. The summed E-state index contributed by atoms with van der Waals surface area (Å²) >= 11 is 0. The maximum Gasteiger partial charge on any atom is 0.146 e. The second-order valence-electron chi connectivity index (χ2n) is 3.95. The van der Waals surface area contributed by atoms with E-state index in [1.165, 1.54) is 0 Å². The average Bonchev–Trinajstić information content (AvgIpc) is 2.40. The number of anilines is 1. The quantitative estimate of drug-likeness (QED) is 0.855. The SMILES string of the molecule is C=C(CNc1cc(F)ccc1F)c1ccccc1. The van der Waals surface area contributed by atoms with Gasteiger partial charge in [0.1, 0.15) is 11.6 Å². The molecule has 3 heteroatoms. The van der Waals surface area contributed by atoms with Crippen molar-refractivity contribution in [3.63, 3.8) is 0 Å². The van der Waals surface area contributed by atoms with E-state index in [4.69, 9.17) is 0 Å². The van der Waals surface area contributed by atoms with Crippen molar-refractivity contribution < 1.29 is 8.78 Å². The molecule has 0 aliphatic carbocycles. The van der Waals surface area contributed by atoms with Crippen LogP contribution in [0.4, 0.5) is 14.5 Å². The second-order valence-corrected chi connectivity index (χ2v) is 3.95. The lowest BCUT2D eigenvalue weighted by Crippen LogP contribution is -2.05. The Labute approximate surface area is 105 Å². The van der Waals surface area contributed by atoms with Gasteiger partial charge in [0.2, 0.25) is 0 Å². The molecule has 0 heterocycles. The van der Waals surface area contributed by atoms with Crippen LogP contribution in [0.3, 0.4) is 0 Å². The maximum atomic E-state index is 13.4. The predicted octanol–water partition coefficient (Wildman–Crippen LogP) is 4.09. The predicted molar refractivity (Wildman–Crippen MR) is 70.3 cm³/mol. The zero-order chi connectivity index (χ0) is 13.0. The molecular weight excluding hydrogens is 232 g/mol. The zero-order valence-corrected chi connectivity index (χ0v) is 9.79. The Bertz CT molecular complexity index is 550. The highest BCUT2D eigenvalue weighted by molar-refractivity contribution is 5.67. The van der Waals surface area contributed by atoms with Gasteiger partial charge < -0.3 is 5.32 Å². The lowest BCUT2D eigenvalue weighted by molar-refractivity contribution is 0.603. The number of hydrogen-bond donors (Lipinski definition) is 1. The molecule has 92 valence electrons. The molecule has 0 saturated heterocycles. The molecule has 0 bridgehead atoms. The van der Waals surface area contributed by atoms with Crippen LogP contribution >= 0.6 is 0 Å². The molecule has 0 aliphatic heterocycles. The molecular formula is C15H13F2N. The third-order valence-corrected chi connectivity index (χ3v) is 2.60. The van der Waals surface area contributed by atoms with Crippen molar-refractivity contribution >= 4 is 11.3 Å². The van der Waals surface area contributed by atoms with Crippen molar-refractivity contribution in [3.8, 4) is 0 Å². The molecule has 0 amide bonds. The molecule has 0 saturated carbocycles. The van der Waals surface area contributed by atoms with Crippen LogP contribution in [0.5, 0.6) is 0 Å². The minimum atomic E-state index is -0.475. The van der Waals surface area contributed by atoms with Gasteiger partial charge >= 0.3 is 0 Å². The third kappa shape index (κ3) is 2.94. The Kier molecular flexibility index (Phi) is 3.72. The van der Waals surface area contributed by atoms with Gasteiger partial charge in [-0.05, 0) is 29.3 Å². The number of benzene rings is 2. The monoisotopic (exact) mass is 245 g/mol. The molecule has 1 nitrogen and oxygen atoms in total. The van der Waals surface area contributed by atoms with E-state index in [9.17, 15) is 8.78 Å². The van der Waals surface area contributed by atoms with Gasteiger partial charge in [-0.2, -0.15) is 0 Å². The standard InChI is InChI=1S/C15H13F2N/c1-11(12-5-3-2-4-6-12)10-18-15-9-13(16)7-8-14(15)17/h2-9,18H,1,10H2. The van der Waals surface area contributed by atoms with Gasteiger partial charge in [0.05, 0.1) is 5.69 Å².